The van der Waals surface area contributed by atoms with Gasteiger partial charge in [-0.05, 0) is 12.8 Å². The maximum atomic E-state index is 5.33. The molecule has 0 atom stereocenters. The molecular formula is C13H25LiO2. The molecule has 2 nitrogen and oxygen atoms in total. The van der Waals surface area contributed by atoms with E-state index in [4.69, 9.17) is 9.47 Å². The van der Waals surface area contributed by atoms with Gasteiger partial charge in [-0.15, -0.1) is 6.08 Å². The molecular weight excluding hydrogens is 195 g/mol. The van der Waals surface area contributed by atoms with Crippen molar-refractivity contribution in [2.75, 3.05) is 20.0 Å². The molecule has 0 aliphatic rings. The number of unbranched alkanes of at least 4 members (excludes halogenated alkanes) is 3. The van der Waals surface area contributed by atoms with Gasteiger partial charge >= 0.3 is 18.9 Å². The van der Waals surface area contributed by atoms with Gasteiger partial charge in [0.25, 0.3) is 0 Å². The first kappa shape index (κ1) is 18.6. The maximum absolute atomic E-state index is 5.33. The van der Waals surface area contributed by atoms with Gasteiger partial charge in [0.1, 0.15) is 6.79 Å². The molecule has 0 amide bonds. The molecule has 0 N–H and O–H groups in total. The molecule has 0 aromatic carbocycles. The van der Waals surface area contributed by atoms with Crippen molar-refractivity contribution >= 4 is 0 Å². The van der Waals surface area contributed by atoms with Gasteiger partial charge in [-0.25, -0.2) is 0 Å². The van der Waals surface area contributed by atoms with Crippen LogP contribution in [0.1, 0.15) is 45.4 Å². The Bertz CT molecular complexity index is 138. The van der Waals surface area contributed by atoms with Crippen LogP contribution in [0.15, 0.2) is 12.2 Å². The summed E-state index contributed by atoms with van der Waals surface area (Å²) in [6.45, 7) is 7.93. The summed E-state index contributed by atoms with van der Waals surface area (Å²) in [6.07, 6.45) is 10.9. The quantitative estimate of drug-likeness (QED) is 0.168. The third-order valence-electron chi connectivity index (χ3n) is 2.07. The second-order valence-corrected chi connectivity index (χ2v) is 3.54. The molecule has 0 bridgehead atoms. The van der Waals surface area contributed by atoms with Crippen molar-refractivity contribution in [2.45, 2.75) is 45.4 Å². The number of ether oxygens (including phenoxy) is 2. The van der Waals surface area contributed by atoms with Crippen LogP contribution in [-0.4, -0.2) is 20.0 Å². The Balaban J connectivity index is 0. The van der Waals surface area contributed by atoms with Gasteiger partial charge in [0.15, 0.2) is 0 Å². The molecule has 0 rings (SSSR count). The summed E-state index contributed by atoms with van der Waals surface area (Å²) >= 11 is 0. The minimum Gasteiger partial charge on any atom is -0.355 e. The van der Waals surface area contributed by atoms with Crippen LogP contribution in [0.25, 0.3) is 0 Å². The van der Waals surface area contributed by atoms with Crippen molar-refractivity contribution in [3.63, 3.8) is 0 Å². The first-order valence-corrected chi connectivity index (χ1v) is 6.01. The number of hydrogen-bond donors (Lipinski definition) is 0. The SMILES string of the molecule is [CH2-]CC=CCCOCOCCCCCC.[Li+]. The zero-order chi connectivity index (χ0) is 11.2. The fourth-order valence-electron chi connectivity index (χ4n) is 1.19. The van der Waals surface area contributed by atoms with Gasteiger partial charge in [-0.2, -0.15) is 6.42 Å². The van der Waals surface area contributed by atoms with Crippen LogP contribution in [-0.2, 0) is 9.47 Å². The van der Waals surface area contributed by atoms with E-state index in [9.17, 15) is 0 Å². The molecule has 3 heteroatoms. The van der Waals surface area contributed by atoms with Crippen LogP contribution in [0.4, 0.5) is 0 Å². The largest absolute Gasteiger partial charge is 1.00 e. The predicted octanol–water partition coefficient (Wildman–Crippen LogP) is 0.732. The summed E-state index contributed by atoms with van der Waals surface area (Å²) in [5.41, 5.74) is 0. The zero-order valence-electron chi connectivity index (χ0n) is 11.0. The third-order valence-corrected chi connectivity index (χ3v) is 2.07. The van der Waals surface area contributed by atoms with Gasteiger partial charge in [-0.3, -0.25) is 0 Å². The van der Waals surface area contributed by atoms with Crippen molar-refractivity contribution < 1.29 is 28.3 Å². The molecule has 0 saturated heterocycles. The summed E-state index contributed by atoms with van der Waals surface area (Å²) in [7, 11) is 0. The fraction of sp³-hybridized carbons (Fsp3) is 0.769. The Labute approximate surface area is 113 Å². The standard InChI is InChI=1S/C13H25O2.Li/c1-3-5-7-9-11-14-13-15-12-10-8-6-4-2;/h5,7H,1,3-4,6,8-13H2,2H3;/q-1;+1. The van der Waals surface area contributed by atoms with Gasteiger partial charge in [0.05, 0.1) is 6.61 Å². The van der Waals surface area contributed by atoms with Gasteiger partial charge in [0, 0.05) is 6.61 Å². The molecule has 0 aromatic rings. The molecule has 0 radical (unpaired) electrons. The van der Waals surface area contributed by atoms with Crippen molar-refractivity contribution in [1.29, 1.82) is 0 Å². The van der Waals surface area contributed by atoms with Gasteiger partial charge in [0.2, 0.25) is 0 Å². The Hall–Kier alpha value is 0.257. The Morgan fingerprint density at radius 3 is 2.44 bits per heavy atom. The van der Waals surface area contributed by atoms with Crippen LogP contribution in [0.2, 0.25) is 0 Å². The molecule has 0 aliphatic carbocycles. The average Bonchev–Trinajstić information content (AvgIpc) is 2.26. The first-order chi connectivity index (χ1) is 7.41. The first-order valence-electron chi connectivity index (χ1n) is 6.01. The van der Waals surface area contributed by atoms with E-state index in [1.54, 1.807) is 0 Å². The number of allylic oxidation sites excluding steroid dienone is 1. The second-order valence-electron chi connectivity index (χ2n) is 3.54. The number of rotatable bonds is 11. The van der Waals surface area contributed by atoms with Crippen LogP contribution in [0.5, 0.6) is 0 Å². The van der Waals surface area contributed by atoms with Crippen molar-refractivity contribution in [3.05, 3.63) is 19.1 Å². The van der Waals surface area contributed by atoms with E-state index < -0.39 is 0 Å². The van der Waals surface area contributed by atoms with E-state index >= 15 is 0 Å². The monoisotopic (exact) mass is 220 g/mol. The normalized spacial score (nSPS) is 10.6. The van der Waals surface area contributed by atoms with Gasteiger partial charge < -0.3 is 16.4 Å². The fourth-order valence-corrected chi connectivity index (χ4v) is 1.19. The van der Waals surface area contributed by atoms with Crippen molar-refractivity contribution in [1.82, 2.24) is 0 Å². The van der Waals surface area contributed by atoms with E-state index in [1.165, 1.54) is 19.3 Å². The van der Waals surface area contributed by atoms with Crippen LogP contribution in [0, 0.1) is 6.92 Å². The predicted molar refractivity (Wildman–Crippen MR) is 64.6 cm³/mol. The summed E-state index contributed by atoms with van der Waals surface area (Å²) < 4.78 is 10.6. The minimum absolute atomic E-state index is 0. The van der Waals surface area contributed by atoms with E-state index in [1.807, 2.05) is 0 Å². The Kier molecular flexibility index (Phi) is 20.5. The summed E-state index contributed by atoms with van der Waals surface area (Å²) in [6, 6.07) is 0. The number of hydrogen-bond acceptors (Lipinski definition) is 2. The third kappa shape index (κ3) is 16.7. The van der Waals surface area contributed by atoms with E-state index in [-0.39, 0.29) is 18.9 Å². The maximum Gasteiger partial charge on any atom is 1.00 e. The zero-order valence-corrected chi connectivity index (χ0v) is 11.0. The molecule has 90 valence electrons. The second kappa shape index (κ2) is 17.6. The van der Waals surface area contributed by atoms with E-state index in [0.717, 1.165) is 32.5 Å². The molecule has 0 aromatic heterocycles. The molecule has 0 aliphatic heterocycles. The van der Waals surface area contributed by atoms with Gasteiger partial charge in [-0.1, -0.05) is 32.3 Å². The Morgan fingerprint density at radius 1 is 1.00 bits per heavy atom. The van der Waals surface area contributed by atoms with Crippen molar-refractivity contribution in [3.8, 4) is 0 Å². The summed E-state index contributed by atoms with van der Waals surface area (Å²) in [4.78, 5) is 0. The summed E-state index contributed by atoms with van der Waals surface area (Å²) in [5.74, 6) is 0. The minimum atomic E-state index is 0. The van der Waals surface area contributed by atoms with Crippen molar-refractivity contribution in [2.24, 2.45) is 0 Å². The topological polar surface area (TPSA) is 18.5 Å². The average molecular weight is 220 g/mol. The van der Waals surface area contributed by atoms with E-state index in [0.29, 0.717) is 6.79 Å². The molecule has 0 heterocycles. The molecule has 16 heavy (non-hydrogen) atoms. The van der Waals surface area contributed by atoms with Crippen LogP contribution >= 0.6 is 0 Å². The summed E-state index contributed by atoms with van der Waals surface area (Å²) in [5, 5.41) is 0. The van der Waals surface area contributed by atoms with Crippen LogP contribution in [0.3, 0.4) is 0 Å². The molecule has 0 fully saturated rings. The molecule has 0 saturated carbocycles. The molecule has 0 spiro atoms. The Morgan fingerprint density at radius 2 is 1.75 bits per heavy atom. The smallest absolute Gasteiger partial charge is 0.355 e. The molecule has 0 unspecified atom stereocenters. The van der Waals surface area contributed by atoms with E-state index in [2.05, 4.69) is 26.0 Å². The van der Waals surface area contributed by atoms with Crippen LogP contribution < -0.4 is 18.9 Å².